The highest BCUT2D eigenvalue weighted by Gasteiger charge is 2.31. The summed E-state index contributed by atoms with van der Waals surface area (Å²) in [6.45, 7) is 0. The summed E-state index contributed by atoms with van der Waals surface area (Å²) in [6, 6.07) is 6.39. The summed E-state index contributed by atoms with van der Waals surface area (Å²) in [5.41, 5.74) is 1.15. The second-order valence-corrected chi connectivity index (χ2v) is 8.06. The fraction of sp³-hybridized carbons (Fsp3) is 0.158. The van der Waals surface area contributed by atoms with Gasteiger partial charge in [-0.05, 0) is 47.4 Å². The Morgan fingerprint density at radius 2 is 1.54 bits per heavy atom. The maximum Gasteiger partial charge on any atom is 0.573 e. The van der Waals surface area contributed by atoms with Crippen molar-refractivity contribution in [3.8, 4) is 5.75 Å². The van der Waals surface area contributed by atoms with Crippen molar-refractivity contribution in [3.63, 3.8) is 0 Å². The molecule has 148 valence electrons. The number of sulfone groups is 1. The van der Waals surface area contributed by atoms with Gasteiger partial charge in [0.1, 0.15) is 22.3 Å². The van der Waals surface area contributed by atoms with Gasteiger partial charge in [0.25, 0.3) is 0 Å². The highest BCUT2D eigenvalue weighted by molar-refractivity contribution is 7.90. The summed E-state index contributed by atoms with van der Waals surface area (Å²) in [6.07, 6.45) is -0.318. The van der Waals surface area contributed by atoms with Crippen molar-refractivity contribution in [1.29, 1.82) is 0 Å². The zero-order valence-corrected chi connectivity index (χ0v) is 15.2. The van der Waals surface area contributed by atoms with Gasteiger partial charge in [0, 0.05) is 11.8 Å². The minimum atomic E-state index is -4.82. The van der Waals surface area contributed by atoms with Gasteiger partial charge in [0.05, 0.1) is 0 Å². The second kappa shape index (κ2) is 7.05. The maximum absolute atomic E-state index is 14.5. The summed E-state index contributed by atoms with van der Waals surface area (Å²) in [5, 5.41) is 0. The minimum absolute atomic E-state index is 0.135. The molecule has 28 heavy (non-hydrogen) atoms. The van der Waals surface area contributed by atoms with Crippen LogP contribution < -0.4 is 4.74 Å². The molecule has 3 rings (SSSR count). The minimum Gasteiger partial charge on any atom is -0.406 e. The topological polar surface area (TPSA) is 43.4 Å². The van der Waals surface area contributed by atoms with E-state index in [2.05, 4.69) is 4.74 Å². The Kier molecular flexibility index (Phi) is 5.05. The normalized spacial score (nSPS) is 14.6. The molecule has 0 heterocycles. The van der Waals surface area contributed by atoms with Crippen molar-refractivity contribution in [2.45, 2.75) is 17.7 Å². The van der Waals surface area contributed by atoms with Crippen LogP contribution in [0.15, 0.2) is 53.4 Å². The van der Waals surface area contributed by atoms with Crippen LogP contribution in [-0.2, 0) is 9.84 Å². The predicted octanol–water partition coefficient (Wildman–Crippen LogP) is 5.14. The lowest BCUT2D eigenvalue weighted by Gasteiger charge is -2.13. The largest absolute Gasteiger partial charge is 0.573 e. The zero-order chi connectivity index (χ0) is 20.7. The van der Waals surface area contributed by atoms with Gasteiger partial charge in [-0.1, -0.05) is 24.3 Å². The summed E-state index contributed by atoms with van der Waals surface area (Å²) in [5.74, 6) is -2.41. The molecule has 0 unspecified atom stereocenters. The van der Waals surface area contributed by atoms with Gasteiger partial charge in [-0.2, -0.15) is 0 Å². The van der Waals surface area contributed by atoms with Gasteiger partial charge < -0.3 is 4.74 Å². The molecule has 2 aromatic rings. The van der Waals surface area contributed by atoms with E-state index in [1.165, 1.54) is 12.1 Å². The van der Waals surface area contributed by atoms with E-state index in [1.54, 1.807) is 12.2 Å². The fourth-order valence-corrected chi connectivity index (χ4v) is 3.63. The van der Waals surface area contributed by atoms with Gasteiger partial charge in [0.2, 0.25) is 0 Å². The van der Waals surface area contributed by atoms with Crippen molar-refractivity contribution >= 4 is 21.0 Å². The van der Waals surface area contributed by atoms with E-state index in [4.69, 9.17) is 0 Å². The Hall–Kier alpha value is -2.68. The molecular weight excluding hydrogens is 403 g/mol. The van der Waals surface area contributed by atoms with Crippen molar-refractivity contribution < 1.29 is 35.1 Å². The van der Waals surface area contributed by atoms with E-state index in [0.29, 0.717) is 29.2 Å². The van der Waals surface area contributed by atoms with E-state index in [9.17, 15) is 30.4 Å². The number of hydrogen-bond acceptors (Lipinski definition) is 3. The second-order valence-electron chi connectivity index (χ2n) is 6.08. The van der Waals surface area contributed by atoms with E-state index in [-0.39, 0.29) is 5.56 Å². The molecule has 0 atom stereocenters. The number of ether oxygens (including phenoxy) is 1. The predicted molar refractivity (Wildman–Crippen MR) is 93.2 cm³/mol. The van der Waals surface area contributed by atoms with E-state index < -0.39 is 38.5 Å². The van der Waals surface area contributed by atoms with Crippen LogP contribution >= 0.6 is 0 Å². The Morgan fingerprint density at radius 1 is 0.929 bits per heavy atom. The van der Waals surface area contributed by atoms with Crippen LogP contribution in [-0.4, -0.2) is 21.0 Å². The number of benzene rings is 2. The van der Waals surface area contributed by atoms with Gasteiger partial charge in [-0.25, -0.2) is 17.2 Å². The van der Waals surface area contributed by atoms with Crippen molar-refractivity contribution in [1.82, 2.24) is 0 Å². The van der Waals surface area contributed by atoms with E-state index in [1.807, 2.05) is 0 Å². The van der Waals surface area contributed by atoms with E-state index in [0.717, 1.165) is 24.5 Å². The molecule has 0 saturated carbocycles. The number of hydrogen-bond donors (Lipinski definition) is 0. The Balaban J connectivity index is 1.95. The summed E-state index contributed by atoms with van der Waals surface area (Å²) < 4.78 is 92.4. The molecule has 0 radical (unpaired) electrons. The molecule has 0 aromatic heterocycles. The molecule has 0 aliphatic heterocycles. The average Bonchev–Trinajstić information content (AvgIpc) is 3.04. The highest BCUT2D eigenvalue weighted by Crippen LogP contribution is 2.39. The molecule has 1 aliphatic carbocycles. The lowest BCUT2D eigenvalue weighted by atomic mass is 9.94. The molecule has 9 heteroatoms. The molecule has 0 N–H and O–H groups in total. The molecule has 0 bridgehead atoms. The molecule has 3 nitrogen and oxygen atoms in total. The number of alkyl halides is 3. The standard InChI is InChI=1S/C19H13F5O3S/c1-28(25,26)18-10-16(20)15(9-17(18)21)14-4-2-3-13(14)11-5-7-12(8-6-11)27-19(22,23)24/h3-10H,2H2,1H3. The molecule has 0 amide bonds. The molecule has 1 aliphatic rings. The van der Waals surface area contributed by atoms with Crippen LogP contribution in [0.1, 0.15) is 17.5 Å². The third-order valence-corrected chi connectivity index (χ3v) is 5.16. The first-order valence-electron chi connectivity index (χ1n) is 7.92. The molecular formula is C19H13F5O3S. The average molecular weight is 416 g/mol. The van der Waals surface area contributed by atoms with Crippen LogP contribution in [0, 0.1) is 11.6 Å². The third-order valence-electron chi connectivity index (χ3n) is 4.04. The Bertz CT molecular complexity index is 1080. The van der Waals surface area contributed by atoms with Crippen molar-refractivity contribution in [2.75, 3.05) is 6.26 Å². The van der Waals surface area contributed by atoms with Crippen LogP contribution in [0.4, 0.5) is 22.0 Å². The first kappa shape index (κ1) is 20.1. The summed E-state index contributed by atoms with van der Waals surface area (Å²) in [7, 11) is -3.94. The van der Waals surface area contributed by atoms with Crippen LogP contribution in [0.2, 0.25) is 0 Å². The quantitative estimate of drug-likeness (QED) is 0.649. The summed E-state index contributed by atoms with van der Waals surface area (Å²) in [4.78, 5) is -0.744. The van der Waals surface area contributed by atoms with Crippen LogP contribution in [0.5, 0.6) is 5.75 Å². The van der Waals surface area contributed by atoms with Crippen LogP contribution in [0.25, 0.3) is 11.1 Å². The van der Waals surface area contributed by atoms with Gasteiger partial charge >= 0.3 is 6.36 Å². The van der Waals surface area contributed by atoms with Gasteiger partial charge in [0.15, 0.2) is 9.84 Å². The third kappa shape index (κ3) is 4.24. The molecule has 0 saturated heterocycles. The maximum atomic E-state index is 14.5. The number of rotatable bonds is 4. The smallest absolute Gasteiger partial charge is 0.406 e. The van der Waals surface area contributed by atoms with Gasteiger partial charge in [-0.3, -0.25) is 0 Å². The Morgan fingerprint density at radius 3 is 2.11 bits per heavy atom. The van der Waals surface area contributed by atoms with Crippen LogP contribution in [0.3, 0.4) is 0 Å². The lowest BCUT2D eigenvalue weighted by molar-refractivity contribution is -0.274. The molecule has 0 spiro atoms. The first-order chi connectivity index (χ1) is 13.0. The lowest BCUT2D eigenvalue weighted by Crippen LogP contribution is -2.17. The monoisotopic (exact) mass is 416 g/mol. The first-order valence-corrected chi connectivity index (χ1v) is 9.81. The number of allylic oxidation sites excluding steroid dienone is 4. The Labute approximate surface area is 157 Å². The molecule has 2 aromatic carbocycles. The van der Waals surface area contributed by atoms with Crippen molar-refractivity contribution in [3.05, 3.63) is 71.3 Å². The molecule has 0 fully saturated rings. The van der Waals surface area contributed by atoms with Crippen molar-refractivity contribution in [2.24, 2.45) is 0 Å². The van der Waals surface area contributed by atoms with Gasteiger partial charge in [-0.15, -0.1) is 13.2 Å². The number of halogens is 5. The highest BCUT2D eigenvalue weighted by atomic mass is 32.2. The zero-order valence-electron chi connectivity index (χ0n) is 14.3. The SMILES string of the molecule is CS(=O)(=O)c1cc(F)c(C2=CCC=C2c2ccc(OC(F)(F)F)cc2)cc1F. The summed E-state index contributed by atoms with van der Waals surface area (Å²) >= 11 is 0. The van der Waals surface area contributed by atoms with E-state index >= 15 is 0 Å². The fourth-order valence-electron chi connectivity index (χ4n) is 2.90.